The zero-order chi connectivity index (χ0) is 53.9. The highest BCUT2D eigenvalue weighted by Crippen LogP contribution is 2.30. The number of carbonyl (C=O) groups is 1. The summed E-state index contributed by atoms with van der Waals surface area (Å²) in [5.41, 5.74) is 0. The molecule has 1 amide bonds. The smallest absolute Gasteiger partial charge is 0.220 e. The molecule has 0 aromatic carbocycles. The van der Waals surface area contributed by atoms with Crippen molar-refractivity contribution in [2.45, 2.75) is 306 Å². The maximum atomic E-state index is 13.2. The van der Waals surface area contributed by atoms with E-state index in [2.05, 4.69) is 55.6 Å². The van der Waals surface area contributed by atoms with Gasteiger partial charge in [-0.05, 0) is 70.6 Å². The van der Waals surface area contributed by atoms with E-state index in [0.717, 1.165) is 44.9 Å². The molecule has 0 aromatic heterocycles. The monoisotopic (exact) mass is 1050 g/mol. The second-order valence-electron chi connectivity index (χ2n) is 21.1. The Hall–Kier alpha value is -2.05. The van der Waals surface area contributed by atoms with E-state index in [1.54, 1.807) is 6.08 Å². The molecule has 2 saturated heterocycles. The predicted octanol–water partition coefficient (Wildman–Crippen LogP) is 10.0. The van der Waals surface area contributed by atoms with Gasteiger partial charge in [0.15, 0.2) is 12.6 Å². The summed E-state index contributed by atoms with van der Waals surface area (Å²) >= 11 is 0. The molecule has 12 unspecified atom stereocenters. The Labute approximate surface area is 448 Å². The summed E-state index contributed by atoms with van der Waals surface area (Å²) < 4.78 is 22.7. The molecule has 12 atom stereocenters. The van der Waals surface area contributed by atoms with Gasteiger partial charge in [0.1, 0.15) is 48.8 Å². The molecule has 0 saturated carbocycles. The van der Waals surface area contributed by atoms with Gasteiger partial charge in [-0.2, -0.15) is 0 Å². The van der Waals surface area contributed by atoms with Crippen molar-refractivity contribution in [1.82, 2.24) is 5.32 Å². The fourth-order valence-electron chi connectivity index (χ4n) is 9.61. The van der Waals surface area contributed by atoms with E-state index >= 15 is 0 Å². The molecule has 2 aliphatic heterocycles. The zero-order valence-corrected chi connectivity index (χ0v) is 46.3. The standard InChI is InChI=1S/C60H109NO13/c1-3-5-7-9-11-13-15-17-19-21-22-23-24-25-26-28-30-32-34-36-38-40-42-44-52(65)61-48(49(64)43-41-39-37-35-33-31-29-27-20-18-16-14-12-10-8-6-4-2)47-71-59-57(70)55(68)58(51(46-63)73-59)74-60-56(69)54(67)53(66)50(45-62)72-60/h20-22,27,33,35,41,43,48-51,53-60,62-64,66-70H,3-19,23-26,28-32,34,36-40,42,44-47H2,1-2H3,(H,61,65)/b22-21-,27-20+,35-33+,43-41+. The van der Waals surface area contributed by atoms with Crippen LogP contribution >= 0.6 is 0 Å². The number of amides is 1. The Morgan fingerprint density at radius 3 is 1.32 bits per heavy atom. The molecule has 2 rings (SSSR count). The van der Waals surface area contributed by atoms with Crippen LogP contribution in [-0.2, 0) is 23.7 Å². The van der Waals surface area contributed by atoms with Gasteiger partial charge in [0, 0.05) is 6.42 Å². The average molecular weight is 1050 g/mol. The van der Waals surface area contributed by atoms with E-state index in [1.807, 2.05) is 6.08 Å². The number of carbonyl (C=O) groups excluding carboxylic acids is 1. The fourth-order valence-corrected chi connectivity index (χ4v) is 9.61. The average Bonchev–Trinajstić information content (AvgIpc) is 3.40. The van der Waals surface area contributed by atoms with E-state index in [9.17, 15) is 45.6 Å². The predicted molar refractivity (Wildman–Crippen MR) is 295 cm³/mol. The van der Waals surface area contributed by atoms with Crippen LogP contribution in [0.5, 0.6) is 0 Å². The Bertz CT molecular complexity index is 1430. The third-order valence-corrected chi connectivity index (χ3v) is 14.5. The number of aliphatic hydroxyl groups is 8. The summed E-state index contributed by atoms with van der Waals surface area (Å²) in [6, 6.07) is -0.938. The normalized spacial score (nSPS) is 25.5. The minimum Gasteiger partial charge on any atom is -0.394 e. The number of nitrogens with one attached hydrogen (secondary N) is 1. The topological polar surface area (TPSA) is 228 Å². The number of ether oxygens (including phenoxy) is 4. The third kappa shape index (κ3) is 31.4. The second-order valence-corrected chi connectivity index (χ2v) is 21.1. The van der Waals surface area contributed by atoms with Crippen molar-refractivity contribution < 1.29 is 64.6 Å². The largest absolute Gasteiger partial charge is 0.394 e. The minimum absolute atomic E-state index is 0.254. The molecule has 432 valence electrons. The van der Waals surface area contributed by atoms with Crippen molar-refractivity contribution in [1.29, 1.82) is 0 Å². The van der Waals surface area contributed by atoms with Gasteiger partial charge >= 0.3 is 0 Å². The molecule has 74 heavy (non-hydrogen) atoms. The molecule has 9 N–H and O–H groups in total. The van der Waals surface area contributed by atoms with Gasteiger partial charge in [-0.25, -0.2) is 0 Å². The lowest BCUT2D eigenvalue weighted by Gasteiger charge is -2.46. The first kappa shape index (κ1) is 68.1. The van der Waals surface area contributed by atoms with E-state index in [4.69, 9.17) is 18.9 Å². The minimum atomic E-state index is -1.79. The van der Waals surface area contributed by atoms with Gasteiger partial charge in [-0.3, -0.25) is 4.79 Å². The summed E-state index contributed by atoms with van der Waals surface area (Å²) in [5, 5.41) is 87.0. The molecule has 14 heteroatoms. The highest BCUT2D eigenvalue weighted by Gasteiger charge is 2.51. The molecule has 0 spiro atoms. The summed E-state index contributed by atoms with van der Waals surface area (Å²) in [6.07, 6.45) is 40.1. The molecule has 2 fully saturated rings. The quantitative estimate of drug-likeness (QED) is 0.0205. The van der Waals surface area contributed by atoms with Gasteiger partial charge in [0.25, 0.3) is 0 Å². The van der Waals surface area contributed by atoms with Crippen molar-refractivity contribution in [2.75, 3.05) is 19.8 Å². The Morgan fingerprint density at radius 2 is 0.865 bits per heavy atom. The molecule has 0 aliphatic carbocycles. The molecular weight excluding hydrogens is 943 g/mol. The number of rotatable bonds is 47. The summed E-state index contributed by atoms with van der Waals surface area (Å²) in [6.45, 7) is 2.77. The van der Waals surface area contributed by atoms with Crippen LogP contribution in [0.4, 0.5) is 0 Å². The number of allylic oxidation sites excluding steroid dienone is 7. The molecule has 14 nitrogen and oxygen atoms in total. The van der Waals surface area contributed by atoms with Gasteiger partial charge < -0.3 is 65.1 Å². The van der Waals surface area contributed by atoms with Crippen LogP contribution in [0.25, 0.3) is 0 Å². The lowest BCUT2D eigenvalue weighted by Crippen LogP contribution is -2.65. The van der Waals surface area contributed by atoms with Crippen LogP contribution in [-0.4, -0.2) is 140 Å². The van der Waals surface area contributed by atoms with Crippen LogP contribution in [0, 0.1) is 0 Å². The Morgan fingerprint density at radius 1 is 0.473 bits per heavy atom. The van der Waals surface area contributed by atoms with Crippen molar-refractivity contribution in [3.05, 3.63) is 48.6 Å². The number of unbranched alkanes of at least 4 members (excludes halogenated alkanes) is 28. The van der Waals surface area contributed by atoms with Crippen molar-refractivity contribution in [2.24, 2.45) is 0 Å². The van der Waals surface area contributed by atoms with E-state index in [-0.39, 0.29) is 18.9 Å². The van der Waals surface area contributed by atoms with Gasteiger partial charge in [0.2, 0.25) is 5.91 Å². The second kappa shape index (κ2) is 45.9. The summed E-state index contributed by atoms with van der Waals surface area (Å²) in [5.74, 6) is -0.254. The van der Waals surface area contributed by atoms with E-state index in [0.29, 0.717) is 12.8 Å². The molecule has 0 radical (unpaired) electrons. The lowest BCUT2D eigenvalue weighted by molar-refractivity contribution is -0.359. The van der Waals surface area contributed by atoms with Crippen LogP contribution in [0.15, 0.2) is 48.6 Å². The zero-order valence-electron chi connectivity index (χ0n) is 46.3. The highest BCUT2D eigenvalue weighted by molar-refractivity contribution is 5.76. The first-order chi connectivity index (χ1) is 36.1. The Balaban J connectivity index is 1.78. The first-order valence-electron chi connectivity index (χ1n) is 29.9. The van der Waals surface area contributed by atoms with Gasteiger partial charge in [-0.15, -0.1) is 0 Å². The van der Waals surface area contributed by atoms with Crippen LogP contribution in [0.3, 0.4) is 0 Å². The van der Waals surface area contributed by atoms with Crippen LogP contribution < -0.4 is 5.32 Å². The molecular formula is C60H109NO13. The maximum Gasteiger partial charge on any atom is 0.220 e. The van der Waals surface area contributed by atoms with Crippen molar-refractivity contribution in [3.8, 4) is 0 Å². The number of aliphatic hydroxyl groups excluding tert-OH is 8. The summed E-state index contributed by atoms with van der Waals surface area (Å²) in [4.78, 5) is 13.2. The fraction of sp³-hybridized carbons (Fsp3) is 0.850. The first-order valence-corrected chi connectivity index (χ1v) is 29.9. The summed E-state index contributed by atoms with van der Waals surface area (Å²) in [7, 11) is 0. The third-order valence-electron chi connectivity index (χ3n) is 14.5. The van der Waals surface area contributed by atoms with Crippen molar-refractivity contribution in [3.63, 3.8) is 0 Å². The Kier molecular flexibility index (Phi) is 42.2. The molecule has 2 heterocycles. The van der Waals surface area contributed by atoms with Crippen molar-refractivity contribution >= 4 is 5.91 Å². The highest BCUT2D eigenvalue weighted by atomic mass is 16.7. The lowest BCUT2D eigenvalue weighted by atomic mass is 9.97. The van der Waals surface area contributed by atoms with Crippen LogP contribution in [0.1, 0.15) is 232 Å². The van der Waals surface area contributed by atoms with E-state index in [1.165, 1.54) is 154 Å². The molecule has 0 aromatic rings. The number of hydrogen-bond donors (Lipinski definition) is 9. The van der Waals surface area contributed by atoms with Gasteiger partial charge in [-0.1, -0.05) is 204 Å². The van der Waals surface area contributed by atoms with Gasteiger partial charge in [0.05, 0.1) is 32.0 Å². The maximum absolute atomic E-state index is 13.2. The SMILES string of the molecule is CCCCCCCCC/C=C/CC/C=C/CC/C=C/C(O)C(COC1OC(CO)C(OC2OC(CO)C(O)C(O)C2O)C(O)C1O)NC(=O)CCCCCCCCCCCCC/C=C\CCCCCCCCCC. The van der Waals surface area contributed by atoms with E-state index < -0.39 is 86.8 Å². The number of hydrogen-bond acceptors (Lipinski definition) is 13. The van der Waals surface area contributed by atoms with Crippen LogP contribution in [0.2, 0.25) is 0 Å². The molecule has 0 bridgehead atoms. The molecule has 2 aliphatic rings.